The molecule has 0 bridgehead atoms. The van der Waals surface area contributed by atoms with Crippen LogP contribution in [0.25, 0.3) is 10.9 Å². The molecule has 17 heavy (non-hydrogen) atoms. The molecule has 0 saturated heterocycles. The van der Waals surface area contributed by atoms with Crippen LogP contribution in [0.15, 0.2) is 30.5 Å². The summed E-state index contributed by atoms with van der Waals surface area (Å²) in [4.78, 5) is 3.31. The van der Waals surface area contributed by atoms with Gasteiger partial charge in [-0.1, -0.05) is 32.0 Å². The number of H-pyrrole nitrogens is 1. The minimum Gasteiger partial charge on any atom is -0.361 e. The summed E-state index contributed by atoms with van der Waals surface area (Å²) < 4.78 is 0. The summed E-state index contributed by atoms with van der Waals surface area (Å²) >= 11 is 0. The zero-order chi connectivity index (χ0) is 11.4. The predicted molar refractivity (Wildman–Crippen MR) is 77.0 cm³/mol. The van der Waals surface area contributed by atoms with Crippen molar-refractivity contribution in [2.45, 2.75) is 20.3 Å². The van der Waals surface area contributed by atoms with Crippen LogP contribution in [0.5, 0.6) is 0 Å². The Labute approximate surface area is 109 Å². The van der Waals surface area contributed by atoms with Gasteiger partial charge in [0.15, 0.2) is 0 Å². The largest absolute Gasteiger partial charge is 0.361 e. The van der Waals surface area contributed by atoms with Gasteiger partial charge in [0.25, 0.3) is 0 Å². The molecule has 94 valence electrons. The number of para-hydroxylation sites is 1. The van der Waals surface area contributed by atoms with E-state index in [0.717, 1.165) is 25.4 Å². The zero-order valence-electron chi connectivity index (χ0n) is 10.5. The van der Waals surface area contributed by atoms with E-state index in [0.29, 0.717) is 0 Å². The van der Waals surface area contributed by atoms with Crippen molar-refractivity contribution in [2.24, 2.45) is 5.92 Å². The van der Waals surface area contributed by atoms with Gasteiger partial charge in [0.2, 0.25) is 0 Å². The quantitative estimate of drug-likeness (QED) is 0.785. The molecule has 0 fully saturated rings. The molecular formula is C14H21ClN2. The van der Waals surface area contributed by atoms with E-state index < -0.39 is 0 Å². The summed E-state index contributed by atoms with van der Waals surface area (Å²) in [7, 11) is 0. The molecule has 0 aliphatic heterocycles. The van der Waals surface area contributed by atoms with Crippen LogP contribution in [0.4, 0.5) is 0 Å². The predicted octanol–water partition coefficient (Wildman–Crippen LogP) is 3.38. The van der Waals surface area contributed by atoms with E-state index in [2.05, 4.69) is 54.6 Å². The van der Waals surface area contributed by atoms with Crippen molar-refractivity contribution in [1.82, 2.24) is 10.3 Å². The molecule has 0 aliphatic rings. The van der Waals surface area contributed by atoms with Gasteiger partial charge in [-0.15, -0.1) is 12.4 Å². The SMILES string of the molecule is CC(C)CNCCc1c[nH]c2ccccc12.Cl. The lowest BCUT2D eigenvalue weighted by Crippen LogP contribution is -2.21. The Morgan fingerprint density at radius 2 is 2.00 bits per heavy atom. The van der Waals surface area contributed by atoms with Crippen molar-refractivity contribution in [3.8, 4) is 0 Å². The standard InChI is InChI=1S/C14H20N2.ClH/c1-11(2)9-15-8-7-12-10-16-14-6-4-3-5-13(12)14;/h3-6,10-11,15-16H,7-9H2,1-2H3;1H. The van der Waals surface area contributed by atoms with Crippen LogP contribution in [0.2, 0.25) is 0 Å². The van der Waals surface area contributed by atoms with Gasteiger partial charge in [-0.05, 0) is 37.1 Å². The molecule has 2 nitrogen and oxygen atoms in total. The maximum atomic E-state index is 3.47. The third kappa shape index (κ3) is 3.76. The normalized spacial score (nSPS) is 10.8. The van der Waals surface area contributed by atoms with Crippen LogP contribution in [0.1, 0.15) is 19.4 Å². The van der Waals surface area contributed by atoms with Gasteiger partial charge >= 0.3 is 0 Å². The highest BCUT2D eigenvalue weighted by Gasteiger charge is 2.02. The molecule has 0 radical (unpaired) electrons. The van der Waals surface area contributed by atoms with Gasteiger partial charge < -0.3 is 10.3 Å². The average Bonchev–Trinajstić information content (AvgIpc) is 2.68. The van der Waals surface area contributed by atoms with E-state index in [1.54, 1.807) is 0 Å². The highest BCUT2D eigenvalue weighted by molar-refractivity contribution is 5.85. The monoisotopic (exact) mass is 252 g/mol. The number of fused-ring (bicyclic) bond motifs is 1. The molecule has 1 aromatic carbocycles. The first-order valence-corrected chi connectivity index (χ1v) is 6.03. The summed E-state index contributed by atoms with van der Waals surface area (Å²) in [5.41, 5.74) is 2.65. The molecule has 1 heterocycles. The van der Waals surface area contributed by atoms with Crippen LogP contribution in [0, 0.1) is 5.92 Å². The summed E-state index contributed by atoms with van der Waals surface area (Å²) in [6.07, 6.45) is 3.22. The van der Waals surface area contributed by atoms with Gasteiger partial charge in [0.05, 0.1) is 0 Å². The van der Waals surface area contributed by atoms with Crippen LogP contribution in [0.3, 0.4) is 0 Å². The molecule has 0 saturated carbocycles. The Hall–Kier alpha value is -0.990. The molecule has 2 aromatic rings. The minimum atomic E-state index is 0. The van der Waals surface area contributed by atoms with Crippen molar-refractivity contribution in [1.29, 1.82) is 0 Å². The smallest absolute Gasteiger partial charge is 0.0456 e. The van der Waals surface area contributed by atoms with E-state index in [1.807, 2.05) is 0 Å². The van der Waals surface area contributed by atoms with E-state index in [4.69, 9.17) is 0 Å². The first-order valence-electron chi connectivity index (χ1n) is 6.03. The number of benzene rings is 1. The van der Waals surface area contributed by atoms with E-state index >= 15 is 0 Å². The zero-order valence-corrected chi connectivity index (χ0v) is 11.3. The van der Waals surface area contributed by atoms with Crippen molar-refractivity contribution in [3.63, 3.8) is 0 Å². The number of nitrogens with one attached hydrogen (secondary N) is 2. The molecule has 2 N–H and O–H groups in total. The Balaban J connectivity index is 0.00000144. The van der Waals surface area contributed by atoms with Gasteiger partial charge in [0, 0.05) is 17.1 Å². The highest BCUT2D eigenvalue weighted by atomic mass is 35.5. The fourth-order valence-electron chi connectivity index (χ4n) is 1.95. The number of aromatic amines is 1. The van der Waals surface area contributed by atoms with Crippen molar-refractivity contribution < 1.29 is 0 Å². The minimum absolute atomic E-state index is 0. The summed E-state index contributed by atoms with van der Waals surface area (Å²) in [6.45, 7) is 6.62. The van der Waals surface area contributed by atoms with Crippen LogP contribution >= 0.6 is 12.4 Å². The van der Waals surface area contributed by atoms with E-state index in [1.165, 1.54) is 16.5 Å². The molecule has 0 spiro atoms. The van der Waals surface area contributed by atoms with Crippen LogP contribution in [-0.4, -0.2) is 18.1 Å². The number of aromatic nitrogens is 1. The lowest BCUT2D eigenvalue weighted by atomic mass is 10.1. The van der Waals surface area contributed by atoms with Crippen LogP contribution in [-0.2, 0) is 6.42 Å². The molecule has 1 aromatic heterocycles. The maximum Gasteiger partial charge on any atom is 0.0456 e. The molecular weight excluding hydrogens is 232 g/mol. The van der Waals surface area contributed by atoms with E-state index in [9.17, 15) is 0 Å². The van der Waals surface area contributed by atoms with Gasteiger partial charge in [0.1, 0.15) is 0 Å². The highest BCUT2D eigenvalue weighted by Crippen LogP contribution is 2.17. The molecule has 2 rings (SSSR count). The first-order chi connectivity index (χ1) is 7.77. The van der Waals surface area contributed by atoms with Gasteiger partial charge in [-0.2, -0.15) is 0 Å². The van der Waals surface area contributed by atoms with Gasteiger partial charge in [-0.3, -0.25) is 0 Å². The molecule has 3 heteroatoms. The topological polar surface area (TPSA) is 27.8 Å². The Morgan fingerprint density at radius 1 is 1.24 bits per heavy atom. The fourth-order valence-corrected chi connectivity index (χ4v) is 1.95. The lowest BCUT2D eigenvalue weighted by molar-refractivity contribution is 0.555. The second-order valence-corrected chi connectivity index (χ2v) is 4.71. The number of hydrogen-bond acceptors (Lipinski definition) is 1. The fraction of sp³-hybridized carbons (Fsp3) is 0.429. The lowest BCUT2D eigenvalue weighted by Gasteiger charge is -2.06. The summed E-state index contributed by atoms with van der Waals surface area (Å²) in [5.74, 6) is 0.725. The summed E-state index contributed by atoms with van der Waals surface area (Å²) in [5, 5.41) is 4.83. The summed E-state index contributed by atoms with van der Waals surface area (Å²) in [6, 6.07) is 8.48. The average molecular weight is 253 g/mol. The van der Waals surface area contributed by atoms with Crippen molar-refractivity contribution in [2.75, 3.05) is 13.1 Å². The second-order valence-electron chi connectivity index (χ2n) is 4.71. The molecule has 0 aliphatic carbocycles. The number of hydrogen-bond donors (Lipinski definition) is 2. The molecule has 0 atom stereocenters. The third-order valence-corrected chi connectivity index (χ3v) is 2.80. The Morgan fingerprint density at radius 3 is 2.76 bits per heavy atom. The third-order valence-electron chi connectivity index (χ3n) is 2.80. The Kier molecular flexibility index (Phi) is 5.52. The van der Waals surface area contributed by atoms with Gasteiger partial charge in [-0.25, -0.2) is 0 Å². The second kappa shape index (κ2) is 6.67. The Bertz CT molecular complexity index is 448. The number of rotatable bonds is 5. The van der Waals surface area contributed by atoms with Crippen molar-refractivity contribution >= 4 is 23.3 Å². The molecule has 0 amide bonds. The number of halogens is 1. The first kappa shape index (κ1) is 14.1. The van der Waals surface area contributed by atoms with Crippen molar-refractivity contribution in [3.05, 3.63) is 36.0 Å². The maximum absolute atomic E-state index is 3.47. The molecule has 0 unspecified atom stereocenters. The van der Waals surface area contributed by atoms with E-state index in [-0.39, 0.29) is 12.4 Å². The van der Waals surface area contributed by atoms with Crippen LogP contribution < -0.4 is 5.32 Å².